The van der Waals surface area contributed by atoms with Crippen LogP contribution in [0.4, 0.5) is 5.69 Å². The molecular formula is C14H20ClN3O. The molecule has 0 aliphatic carbocycles. The summed E-state index contributed by atoms with van der Waals surface area (Å²) >= 11 is 6.05. The lowest BCUT2D eigenvalue weighted by Crippen LogP contribution is -2.32. The van der Waals surface area contributed by atoms with Crippen LogP contribution in [-0.2, 0) is 4.74 Å². The highest BCUT2D eigenvalue weighted by molar-refractivity contribution is 6.31. The molecule has 0 radical (unpaired) electrons. The van der Waals surface area contributed by atoms with Gasteiger partial charge in [-0.3, -0.25) is 5.41 Å². The quantitative estimate of drug-likeness (QED) is 0.658. The number of hydrogen-bond donors (Lipinski definition) is 2. The number of nitrogen functional groups attached to an aromatic ring is 1. The van der Waals surface area contributed by atoms with E-state index in [1.54, 1.807) is 12.1 Å². The first-order valence-corrected chi connectivity index (χ1v) is 6.88. The van der Waals surface area contributed by atoms with E-state index >= 15 is 0 Å². The molecule has 0 bridgehead atoms. The number of anilines is 1. The van der Waals surface area contributed by atoms with Crippen molar-refractivity contribution >= 4 is 23.1 Å². The summed E-state index contributed by atoms with van der Waals surface area (Å²) in [7, 11) is 2.01. The molecule has 19 heavy (non-hydrogen) atoms. The monoisotopic (exact) mass is 281 g/mol. The molecule has 1 aromatic rings. The Labute approximate surface area is 119 Å². The lowest BCUT2D eigenvalue weighted by molar-refractivity contribution is 0.0576. The summed E-state index contributed by atoms with van der Waals surface area (Å²) in [5.41, 5.74) is 7.26. The van der Waals surface area contributed by atoms with E-state index in [9.17, 15) is 0 Å². The molecule has 104 valence electrons. The van der Waals surface area contributed by atoms with Gasteiger partial charge in [-0.15, -0.1) is 0 Å². The number of hydrogen-bond acceptors (Lipinski definition) is 3. The smallest absolute Gasteiger partial charge is 0.124 e. The van der Waals surface area contributed by atoms with Crippen molar-refractivity contribution in [2.24, 2.45) is 11.7 Å². The van der Waals surface area contributed by atoms with Crippen LogP contribution in [0, 0.1) is 11.3 Å². The van der Waals surface area contributed by atoms with Gasteiger partial charge in [-0.1, -0.05) is 11.6 Å². The van der Waals surface area contributed by atoms with Crippen LogP contribution in [-0.4, -0.2) is 32.6 Å². The summed E-state index contributed by atoms with van der Waals surface area (Å²) in [5.74, 6) is 0.593. The third-order valence-electron chi connectivity index (χ3n) is 3.45. The van der Waals surface area contributed by atoms with Crippen LogP contribution in [0.25, 0.3) is 0 Å². The van der Waals surface area contributed by atoms with Gasteiger partial charge in [0, 0.05) is 36.5 Å². The van der Waals surface area contributed by atoms with E-state index in [4.69, 9.17) is 27.5 Å². The Morgan fingerprint density at radius 3 is 3.00 bits per heavy atom. The van der Waals surface area contributed by atoms with Crippen molar-refractivity contribution in [2.45, 2.75) is 12.8 Å². The average molecular weight is 282 g/mol. The van der Waals surface area contributed by atoms with Crippen molar-refractivity contribution in [2.75, 3.05) is 31.7 Å². The molecule has 0 amide bonds. The number of amidine groups is 1. The van der Waals surface area contributed by atoms with Crippen LogP contribution >= 0.6 is 11.6 Å². The van der Waals surface area contributed by atoms with E-state index in [1.807, 2.05) is 13.1 Å². The molecule has 1 saturated heterocycles. The fourth-order valence-electron chi connectivity index (χ4n) is 2.49. The van der Waals surface area contributed by atoms with E-state index < -0.39 is 0 Å². The number of benzene rings is 1. The molecule has 1 atom stereocenters. The minimum Gasteiger partial charge on any atom is -0.384 e. The average Bonchev–Trinajstić information content (AvgIpc) is 2.39. The van der Waals surface area contributed by atoms with Gasteiger partial charge in [-0.05, 0) is 37.0 Å². The first-order chi connectivity index (χ1) is 9.08. The maximum atomic E-state index is 7.64. The van der Waals surface area contributed by atoms with Gasteiger partial charge in [0.1, 0.15) is 5.84 Å². The fraction of sp³-hybridized carbons (Fsp3) is 0.500. The molecule has 5 heteroatoms. The van der Waals surface area contributed by atoms with Crippen LogP contribution in [0.2, 0.25) is 5.02 Å². The molecule has 3 N–H and O–H groups in total. The lowest BCUT2D eigenvalue weighted by atomic mass is 10.0. The molecule has 1 aliphatic rings. The van der Waals surface area contributed by atoms with Gasteiger partial charge in [-0.2, -0.15) is 0 Å². The van der Waals surface area contributed by atoms with Gasteiger partial charge >= 0.3 is 0 Å². The molecule has 1 aliphatic heterocycles. The Hall–Kier alpha value is -1.26. The van der Waals surface area contributed by atoms with Gasteiger partial charge < -0.3 is 15.4 Å². The predicted octanol–water partition coefficient (Wildman–Crippen LogP) is 2.49. The normalized spacial score (nSPS) is 19.2. The molecular weight excluding hydrogens is 262 g/mol. The summed E-state index contributed by atoms with van der Waals surface area (Å²) in [6, 6.07) is 5.43. The summed E-state index contributed by atoms with van der Waals surface area (Å²) in [6.45, 7) is 2.57. The van der Waals surface area contributed by atoms with E-state index in [1.165, 1.54) is 6.42 Å². The number of halogens is 1. The van der Waals surface area contributed by atoms with Crippen molar-refractivity contribution in [1.29, 1.82) is 5.41 Å². The molecule has 0 aromatic heterocycles. The minimum absolute atomic E-state index is 0.0680. The van der Waals surface area contributed by atoms with Crippen molar-refractivity contribution in [3.8, 4) is 0 Å². The molecule has 4 nitrogen and oxygen atoms in total. The van der Waals surface area contributed by atoms with Crippen molar-refractivity contribution in [3.63, 3.8) is 0 Å². The molecule has 0 spiro atoms. The number of nitrogens with zero attached hydrogens (tertiary/aromatic N) is 1. The topological polar surface area (TPSA) is 62.3 Å². The van der Waals surface area contributed by atoms with E-state index in [-0.39, 0.29) is 5.84 Å². The van der Waals surface area contributed by atoms with E-state index in [2.05, 4.69) is 4.90 Å². The number of rotatable bonds is 4. The summed E-state index contributed by atoms with van der Waals surface area (Å²) < 4.78 is 5.50. The van der Waals surface area contributed by atoms with Crippen LogP contribution in [0.5, 0.6) is 0 Å². The van der Waals surface area contributed by atoms with Gasteiger partial charge in [-0.25, -0.2) is 0 Å². The second kappa shape index (κ2) is 6.26. The minimum atomic E-state index is 0.0680. The number of nitrogens with one attached hydrogen (secondary N) is 1. The zero-order valence-electron chi connectivity index (χ0n) is 11.2. The highest BCUT2D eigenvalue weighted by Gasteiger charge is 2.18. The second-order valence-electron chi connectivity index (χ2n) is 5.04. The first kappa shape index (κ1) is 14.2. The third kappa shape index (κ3) is 3.61. The van der Waals surface area contributed by atoms with Crippen molar-refractivity contribution in [3.05, 3.63) is 28.8 Å². The summed E-state index contributed by atoms with van der Waals surface area (Å²) in [4.78, 5) is 2.11. The standard InChI is InChI=1S/C14H20ClN3O/c1-18(8-10-3-2-6-19-9-10)13-7-11(15)4-5-12(13)14(16)17/h4-5,7,10H,2-3,6,8-9H2,1H3,(H3,16,17). The Morgan fingerprint density at radius 1 is 1.58 bits per heavy atom. The molecule has 1 aromatic carbocycles. The lowest BCUT2D eigenvalue weighted by Gasteiger charge is -2.29. The summed E-state index contributed by atoms with van der Waals surface area (Å²) in [6.07, 6.45) is 2.30. The molecule has 0 saturated carbocycles. The zero-order chi connectivity index (χ0) is 13.8. The Balaban J connectivity index is 2.14. The van der Waals surface area contributed by atoms with Gasteiger partial charge in [0.05, 0.1) is 6.61 Å². The van der Waals surface area contributed by atoms with E-state index in [0.717, 1.165) is 37.4 Å². The van der Waals surface area contributed by atoms with Crippen LogP contribution in [0.1, 0.15) is 18.4 Å². The Kier molecular flexibility index (Phi) is 4.66. The van der Waals surface area contributed by atoms with E-state index in [0.29, 0.717) is 10.9 Å². The summed E-state index contributed by atoms with van der Waals surface area (Å²) in [5, 5.41) is 8.30. The Bertz CT molecular complexity index is 458. The predicted molar refractivity (Wildman–Crippen MR) is 79.3 cm³/mol. The first-order valence-electron chi connectivity index (χ1n) is 6.50. The number of nitrogens with two attached hydrogens (primary N) is 1. The van der Waals surface area contributed by atoms with Crippen LogP contribution in [0.15, 0.2) is 18.2 Å². The van der Waals surface area contributed by atoms with Crippen LogP contribution in [0.3, 0.4) is 0 Å². The van der Waals surface area contributed by atoms with Gasteiger partial charge in [0.15, 0.2) is 0 Å². The maximum Gasteiger partial charge on any atom is 0.124 e. The zero-order valence-corrected chi connectivity index (χ0v) is 11.9. The SMILES string of the molecule is CN(CC1CCCOC1)c1cc(Cl)ccc1C(=N)N. The molecule has 1 heterocycles. The highest BCUT2D eigenvalue weighted by atomic mass is 35.5. The molecule has 2 rings (SSSR count). The van der Waals surface area contributed by atoms with Gasteiger partial charge in [0.25, 0.3) is 0 Å². The van der Waals surface area contributed by atoms with Crippen molar-refractivity contribution < 1.29 is 4.74 Å². The molecule has 1 unspecified atom stereocenters. The third-order valence-corrected chi connectivity index (χ3v) is 3.68. The maximum absolute atomic E-state index is 7.64. The highest BCUT2D eigenvalue weighted by Crippen LogP contribution is 2.25. The number of ether oxygens (including phenoxy) is 1. The fourth-order valence-corrected chi connectivity index (χ4v) is 2.65. The molecule has 1 fully saturated rings. The van der Waals surface area contributed by atoms with Crippen molar-refractivity contribution in [1.82, 2.24) is 0 Å². The largest absolute Gasteiger partial charge is 0.384 e. The Morgan fingerprint density at radius 2 is 2.37 bits per heavy atom. The van der Waals surface area contributed by atoms with Gasteiger partial charge in [0.2, 0.25) is 0 Å². The van der Waals surface area contributed by atoms with Crippen LogP contribution < -0.4 is 10.6 Å². The second-order valence-corrected chi connectivity index (χ2v) is 5.48.